The highest BCUT2D eigenvalue weighted by atomic mass is 16.3. The molecule has 0 saturated carbocycles. The maximum atomic E-state index is 12.8. The minimum atomic E-state index is 0.241. The third kappa shape index (κ3) is 3.62. The molecule has 0 unspecified atom stereocenters. The van der Waals surface area contributed by atoms with E-state index in [1.165, 1.54) is 24.0 Å². The molecule has 1 spiro atoms. The van der Waals surface area contributed by atoms with Crippen molar-refractivity contribution >= 4 is 5.91 Å². The van der Waals surface area contributed by atoms with Crippen molar-refractivity contribution in [3.05, 3.63) is 59.5 Å². The molecule has 1 atom stereocenters. The second kappa shape index (κ2) is 8.12. The van der Waals surface area contributed by atoms with E-state index in [0.29, 0.717) is 18.2 Å². The first-order valence-electron chi connectivity index (χ1n) is 10.8. The van der Waals surface area contributed by atoms with Gasteiger partial charge in [-0.2, -0.15) is 0 Å². The topological polar surface area (TPSA) is 36.7 Å². The van der Waals surface area contributed by atoms with Crippen LogP contribution in [-0.2, 0) is 16.8 Å². The molecule has 1 saturated heterocycles. The lowest BCUT2D eigenvalue weighted by Gasteiger charge is -2.40. The highest BCUT2D eigenvalue weighted by Crippen LogP contribution is 2.52. The fraction of sp³-hybridized carbons (Fsp3) is 0.542. The van der Waals surface area contributed by atoms with Crippen molar-refractivity contribution in [3.8, 4) is 0 Å². The van der Waals surface area contributed by atoms with Crippen LogP contribution in [0.3, 0.4) is 0 Å². The fourth-order valence-corrected chi connectivity index (χ4v) is 5.36. The first-order valence-corrected chi connectivity index (χ1v) is 10.8. The van der Waals surface area contributed by atoms with Crippen LogP contribution >= 0.6 is 0 Å². The number of likely N-dealkylation sites (tertiary alicyclic amines) is 1. The van der Waals surface area contributed by atoms with E-state index in [4.69, 9.17) is 4.42 Å². The van der Waals surface area contributed by atoms with Gasteiger partial charge < -0.3 is 9.32 Å². The normalized spacial score (nSPS) is 21.0. The monoisotopic (exact) mass is 380 g/mol. The Morgan fingerprint density at radius 1 is 1.14 bits per heavy atom. The predicted molar refractivity (Wildman–Crippen MR) is 111 cm³/mol. The Bertz CT molecular complexity index is 787. The number of carbonyl (C=O) groups excluding carboxylic acids is 1. The van der Waals surface area contributed by atoms with Gasteiger partial charge in [0.05, 0.1) is 12.8 Å². The zero-order valence-corrected chi connectivity index (χ0v) is 17.2. The molecule has 2 aliphatic rings. The Balaban J connectivity index is 1.48. The van der Waals surface area contributed by atoms with Crippen molar-refractivity contribution in [2.24, 2.45) is 0 Å². The summed E-state index contributed by atoms with van der Waals surface area (Å²) in [6, 6.07) is 12.9. The molecule has 0 bridgehead atoms. The maximum absolute atomic E-state index is 12.8. The minimum Gasteiger partial charge on any atom is -0.468 e. The average Bonchev–Trinajstić information content (AvgIpc) is 3.32. The number of hydrogen-bond acceptors (Lipinski definition) is 3. The third-order valence-corrected chi connectivity index (χ3v) is 6.92. The predicted octanol–water partition coefficient (Wildman–Crippen LogP) is 4.56. The van der Waals surface area contributed by atoms with Gasteiger partial charge in [-0.25, -0.2) is 0 Å². The molecule has 0 N–H and O–H groups in total. The molecule has 4 heteroatoms. The number of nitrogens with zero attached hydrogens (tertiary/aromatic N) is 2. The van der Waals surface area contributed by atoms with Gasteiger partial charge in [-0.1, -0.05) is 24.3 Å². The SMILES string of the molecule is CCN(CC)C(=O)C[C@@H]1CC2(CCN(Cc3ccco3)CC2)c2ccccc21. The molecular formula is C24H32N2O2. The number of benzene rings is 1. The number of fused-ring (bicyclic) bond motifs is 2. The van der Waals surface area contributed by atoms with Gasteiger partial charge in [0.25, 0.3) is 0 Å². The Hall–Kier alpha value is -2.07. The van der Waals surface area contributed by atoms with E-state index in [1.54, 1.807) is 6.26 Å². The van der Waals surface area contributed by atoms with Gasteiger partial charge in [0.1, 0.15) is 5.76 Å². The van der Waals surface area contributed by atoms with Crippen molar-refractivity contribution in [2.45, 2.75) is 57.4 Å². The van der Waals surface area contributed by atoms with Crippen LogP contribution in [0.25, 0.3) is 0 Å². The van der Waals surface area contributed by atoms with Crippen LogP contribution in [0.1, 0.15) is 62.3 Å². The average molecular weight is 381 g/mol. The highest BCUT2D eigenvalue weighted by molar-refractivity contribution is 5.77. The molecule has 4 nitrogen and oxygen atoms in total. The molecule has 1 aliphatic heterocycles. The summed E-state index contributed by atoms with van der Waals surface area (Å²) in [5.41, 5.74) is 3.16. The minimum absolute atomic E-state index is 0.241. The molecular weight excluding hydrogens is 348 g/mol. The largest absolute Gasteiger partial charge is 0.468 e. The second-order valence-electron chi connectivity index (χ2n) is 8.39. The molecule has 150 valence electrons. The third-order valence-electron chi connectivity index (χ3n) is 6.92. The first-order chi connectivity index (χ1) is 13.6. The number of carbonyl (C=O) groups is 1. The lowest BCUT2D eigenvalue weighted by Crippen LogP contribution is -2.41. The molecule has 2 aromatic rings. The molecule has 1 aromatic carbocycles. The molecule has 28 heavy (non-hydrogen) atoms. The number of amides is 1. The van der Waals surface area contributed by atoms with E-state index >= 15 is 0 Å². The molecule has 1 amide bonds. The van der Waals surface area contributed by atoms with Crippen molar-refractivity contribution in [3.63, 3.8) is 0 Å². The van der Waals surface area contributed by atoms with Crippen molar-refractivity contribution in [1.82, 2.24) is 9.80 Å². The molecule has 1 fully saturated rings. The van der Waals surface area contributed by atoms with E-state index in [2.05, 4.69) is 49.1 Å². The van der Waals surface area contributed by atoms with E-state index in [9.17, 15) is 4.79 Å². The van der Waals surface area contributed by atoms with Gasteiger partial charge in [0.15, 0.2) is 0 Å². The number of furan rings is 1. The van der Waals surface area contributed by atoms with Gasteiger partial charge >= 0.3 is 0 Å². The fourth-order valence-electron chi connectivity index (χ4n) is 5.36. The van der Waals surface area contributed by atoms with E-state index in [-0.39, 0.29) is 5.41 Å². The summed E-state index contributed by atoms with van der Waals surface area (Å²) in [6.45, 7) is 8.82. The lowest BCUT2D eigenvalue weighted by atomic mass is 9.73. The molecule has 4 rings (SSSR count). The van der Waals surface area contributed by atoms with Crippen LogP contribution in [0.5, 0.6) is 0 Å². The highest BCUT2D eigenvalue weighted by Gasteiger charge is 2.45. The van der Waals surface area contributed by atoms with Crippen molar-refractivity contribution < 1.29 is 9.21 Å². The molecule has 2 heterocycles. The van der Waals surface area contributed by atoms with E-state index in [1.807, 2.05) is 11.0 Å². The van der Waals surface area contributed by atoms with E-state index in [0.717, 1.165) is 44.9 Å². The number of rotatable bonds is 6. The number of piperidine rings is 1. The van der Waals surface area contributed by atoms with Gasteiger partial charge in [-0.3, -0.25) is 9.69 Å². The summed E-state index contributed by atoms with van der Waals surface area (Å²) < 4.78 is 5.53. The summed E-state index contributed by atoms with van der Waals surface area (Å²) in [4.78, 5) is 17.3. The van der Waals surface area contributed by atoms with Crippen LogP contribution < -0.4 is 0 Å². The van der Waals surface area contributed by atoms with Crippen LogP contribution in [0, 0.1) is 0 Å². The van der Waals surface area contributed by atoms with Gasteiger partial charge in [-0.05, 0) is 80.8 Å². The quantitative estimate of drug-likeness (QED) is 0.737. The van der Waals surface area contributed by atoms with Gasteiger partial charge in [0, 0.05) is 19.5 Å². The Labute approximate surface area is 168 Å². The Kier molecular flexibility index (Phi) is 5.58. The summed E-state index contributed by atoms with van der Waals surface area (Å²) in [7, 11) is 0. The Morgan fingerprint density at radius 3 is 2.57 bits per heavy atom. The Morgan fingerprint density at radius 2 is 1.89 bits per heavy atom. The zero-order valence-electron chi connectivity index (χ0n) is 17.2. The van der Waals surface area contributed by atoms with Crippen molar-refractivity contribution in [1.29, 1.82) is 0 Å². The second-order valence-corrected chi connectivity index (χ2v) is 8.39. The maximum Gasteiger partial charge on any atom is 0.223 e. The summed E-state index contributed by atoms with van der Waals surface area (Å²) in [5, 5.41) is 0. The van der Waals surface area contributed by atoms with Crippen LogP contribution in [0.4, 0.5) is 0 Å². The van der Waals surface area contributed by atoms with Crippen LogP contribution in [-0.4, -0.2) is 41.9 Å². The number of hydrogen-bond donors (Lipinski definition) is 0. The standard InChI is InChI=1S/C24H32N2O2/c1-3-26(4-2)23(27)16-19-17-24(22-10-6-5-9-21(19)22)11-13-25(14-12-24)18-20-8-7-15-28-20/h5-10,15,19H,3-4,11-14,16-18H2,1-2H3/t19-/m1/s1. The molecule has 0 radical (unpaired) electrons. The van der Waals surface area contributed by atoms with Crippen LogP contribution in [0.15, 0.2) is 47.1 Å². The zero-order chi connectivity index (χ0) is 19.6. The lowest BCUT2D eigenvalue weighted by molar-refractivity contribution is -0.131. The first kappa shape index (κ1) is 19.3. The summed E-state index contributed by atoms with van der Waals surface area (Å²) >= 11 is 0. The van der Waals surface area contributed by atoms with Gasteiger partial charge in [0.2, 0.25) is 5.91 Å². The smallest absolute Gasteiger partial charge is 0.223 e. The summed E-state index contributed by atoms with van der Waals surface area (Å²) in [5.74, 6) is 1.71. The van der Waals surface area contributed by atoms with Gasteiger partial charge in [-0.15, -0.1) is 0 Å². The summed E-state index contributed by atoms with van der Waals surface area (Å²) in [6.07, 6.45) is 5.86. The van der Waals surface area contributed by atoms with Crippen molar-refractivity contribution in [2.75, 3.05) is 26.2 Å². The van der Waals surface area contributed by atoms with Crippen LogP contribution in [0.2, 0.25) is 0 Å². The molecule has 1 aromatic heterocycles. The van der Waals surface area contributed by atoms with E-state index < -0.39 is 0 Å². The molecule has 1 aliphatic carbocycles.